The summed E-state index contributed by atoms with van der Waals surface area (Å²) < 4.78 is 1.62. The van der Waals surface area contributed by atoms with Gasteiger partial charge in [0.2, 0.25) is 0 Å². The van der Waals surface area contributed by atoms with Crippen molar-refractivity contribution in [2.45, 2.75) is 19.2 Å². The lowest BCUT2D eigenvalue weighted by molar-refractivity contribution is 0.967. The number of fused-ring (bicyclic) bond motifs is 1. The Balaban J connectivity index is 2.87. The number of hydrogen-bond donors (Lipinski definition) is 0. The highest BCUT2D eigenvalue weighted by Gasteiger charge is 2.08. The van der Waals surface area contributed by atoms with Gasteiger partial charge in [-0.05, 0) is 43.8 Å². The van der Waals surface area contributed by atoms with Crippen LogP contribution in [0.15, 0.2) is 16.9 Å². The molecule has 0 atom stereocenters. The minimum atomic E-state index is 0.0103. The molecule has 0 saturated carbocycles. The molecule has 0 unspecified atom stereocenters. The van der Waals surface area contributed by atoms with Crippen molar-refractivity contribution in [3.05, 3.63) is 39.4 Å². The van der Waals surface area contributed by atoms with Crippen molar-refractivity contribution >= 4 is 41.0 Å². The van der Waals surface area contributed by atoms with Gasteiger partial charge in [-0.15, -0.1) is 0 Å². The van der Waals surface area contributed by atoms with Gasteiger partial charge in [0.05, 0.1) is 10.9 Å². The summed E-state index contributed by atoms with van der Waals surface area (Å²) in [5.74, 6) is 2.57. The number of benzene rings is 1. The normalized spacial score (nSPS) is 11.6. The Morgan fingerprint density at radius 1 is 1.44 bits per heavy atom. The molecule has 3 nitrogen and oxygen atoms in total. The Kier molecular flexibility index (Phi) is 3.98. The Morgan fingerprint density at radius 2 is 2.17 bits per heavy atom. The second-order valence-corrected chi connectivity index (χ2v) is 5.45. The third kappa shape index (κ3) is 2.27. The number of aromatic nitrogens is 2. The fourth-order valence-electron chi connectivity index (χ4n) is 1.90. The molecule has 0 bridgehead atoms. The molecule has 1 aromatic heterocycles. The molecule has 0 N–H and O–H groups in total. The Labute approximate surface area is 116 Å². The molecular formula is C13H14BrN2OP. The van der Waals surface area contributed by atoms with E-state index in [1.165, 1.54) is 5.56 Å². The fourth-order valence-corrected chi connectivity index (χ4v) is 3.01. The SMILES string of the molecule is CP=Cn1c(C)nc2cc(CBr)c(C)cc2c1=O. The van der Waals surface area contributed by atoms with Crippen molar-refractivity contribution in [3.8, 4) is 0 Å². The van der Waals surface area contributed by atoms with Crippen molar-refractivity contribution in [2.24, 2.45) is 0 Å². The van der Waals surface area contributed by atoms with Gasteiger partial charge in [0.25, 0.3) is 5.56 Å². The first kappa shape index (κ1) is 13.4. The summed E-state index contributed by atoms with van der Waals surface area (Å²) in [5.41, 5.74) is 3.07. The van der Waals surface area contributed by atoms with Gasteiger partial charge in [-0.25, -0.2) is 4.98 Å². The molecule has 2 aromatic rings. The summed E-state index contributed by atoms with van der Waals surface area (Å²) in [4.78, 5) is 16.9. The van der Waals surface area contributed by atoms with E-state index in [2.05, 4.69) is 20.9 Å². The summed E-state index contributed by atoms with van der Waals surface area (Å²) >= 11 is 3.45. The molecule has 0 fully saturated rings. The summed E-state index contributed by atoms with van der Waals surface area (Å²) in [6.45, 7) is 5.85. The zero-order chi connectivity index (χ0) is 13.3. The van der Waals surface area contributed by atoms with Crippen LogP contribution in [0.1, 0.15) is 17.0 Å². The smallest absolute Gasteiger partial charge is 0.265 e. The van der Waals surface area contributed by atoms with Gasteiger partial charge in [0, 0.05) is 11.3 Å². The maximum absolute atomic E-state index is 12.4. The first-order valence-corrected chi connectivity index (χ1v) is 8.12. The van der Waals surface area contributed by atoms with Crippen LogP contribution in [-0.4, -0.2) is 22.1 Å². The molecular weight excluding hydrogens is 311 g/mol. The zero-order valence-corrected chi connectivity index (χ0v) is 13.0. The summed E-state index contributed by atoms with van der Waals surface area (Å²) in [7, 11) is 1.04. The van der Waals surface area contributed by atoms with E-state index in [4.69, 9.17) is 0 Å². The molecule has 0 amide bonds. The van der Waals surface area contributed by atoms with Crippen molar-refractivity contribution in [1.29, 1.82) is 0 Å². The number of aryl methyl sites for hydroxylation is 2. The highest BCUT2D eigenvalue weighted by molar-refractivity contribution is 9.08. The third-order valence-electron chi connectivity index (χ3n) is 2.91. The fraction of sp³-hybridized carbons (Fsp3) is 0.308. The number of hydrogen-bond acceptors (Lipinski definition) is 2. The van der Waals surface area contributed by atoms with E-state index in [1.54, 1.807) is 4.57 Å². The highest BCUT2D eigenvalue weighted by atomic mass is 79.9. The Hall–Kier alpha value is -0.990. The standard InChI is InChI=1S/C13H14BrN2OP/c1-8-4-11-12(5-10(8)6-14)15-9(2)16(7-18-3)13(11)17/h4-5,7H,6H2,1-3H3. The van der Waals surface area contributed by atoms with Gasteiger partial charge in [-0.1, -0.05) is 24.1 Å². The van der Waals surface area contributed by atoms with Crippen LogP contribution in [0.4, 0.5) is 0 Å². The topological polar surface area (TPSA) is 34.9 Å². The van der Waals surface area contributed by atoms with E-state index >= 15 is 0 Å². The maximum atomic E-state index is 12.4. The number of alkyl halides is 1. The minimum Gasteiger partial charge on any atom is -0.268 e. The minimum absolute atomic E-state index is 0.0103. The summed E-state index contributed by atoms with van der Waals surface area (Å²) in [5, 5.41) is 1.46. The van der Waals surface area contributed by atoms with Crippen LogP contribution in [0.2, 0.25) is 0 Å². The highest BCUT2D eigenvalue weighted by Crippen LogP contribution is 2.18. The molecule has 94 valence electrons. The lowest BCUT2D eigenvalue weighted by Crippen LogP contribution is -2.23. The number of halogens is 1. The van der Waals surface area contributed by atoms with Gasteiger partial charge in [-0.3, -0.25) is 9.36 Å². The largest absolute Gasteiger partial charge is 0.268 e. The molecule has 5 heteroatoms. The van der Waals surface area contributed by atoms with Gasteiger partial charge in [0.15, 0.2) is 0 Å². The van der Waals surface area contributed by atoms with E-state index in [0.717, 1.165) is 30.4 Å². The molecule has 1 aromatic carbocycles. The Morgan fingerprint density at radius 3 is 2.78 bits per heavy atom. The molecule has 18 heavy (non-hydrogen) atoms. The predicted molar refractivity (Wildman–Crippen MR) is 82.4 cm³/mol. The zero-order valence-electron chi connectivity index (χ0n) is 10.6. The van der Waals surface area contributed by atoms with E-state index in [0.29, 0.717) is 5.39 Å². The number of rotatable bonds is 2. The summed E-state index contributed by atoms with van der Waals surface area (Å²) in [6.07, 6.45) is 0. The van der Waals surface area contributed by atoms with Crippen LogP contribution in [0.25, 0.3) is 10.9 Å². The first-order valence-electron chi connectivity index (χ1n) is 5.59. The van der Waals surface area contributed by atoms with Gasteiger partial charge < -0.3 is 0 Å². The van der Waals surface area contributed by atoms with E-state index < -0.39 is 0 Å². The van der Waals surface area contributed by atoms with Crippen molar-refractivity contribution in [3.63, 3.8) is 0 Å². The molecule has 0 saturated heterocycles. The lowest BCUT2D eigenvalue weighted by atomic mass is 10.1. The third-order valence-corrected chi connectivity index (χ3v) is 3.98. The summed E-state index contributed by atoms with van der Waals surface area (Å²) in [6, 6.07) is 3.92. The average molecular weight is 325 g/mol. The van der Waals surface area contributed by atoms with Gasteiger partial charge in [0.1, 0.15) is 5.82 Å². The first-order chi connectivity index (χ1) is 8.58. The van der Waals surface area contributed by atoms with Crippen LogP contribution in [0, 0.1) is 13.8 Å². The van der Waals surface area contributed by atoms with Crippen LogP contribution in [-0.2, 0) is 5.33 Å². The van der Waals surface area contributed by atoms with Gasteiger partial charge >= 0.3 is 0 Å². The second kappa shape index (κ2) is 5.33. The van der Waals surface area contributed by atoms with Crippen LogP contribution in [0.5, 0.6) is 0 Å². The molecule has 0 spiro atoms. The quantitative estimate of drug-likeness (QED) is 0.628. The maximum Gasteiger partial charge on any atom is 0.265 e. The van der Waals surface area contributed by atoms with Crippen LogP contribution in [0.3, 0.4) is 0 Å². The number of nitrogens with zero attached hydrogens (tertiary/aromatic N) is 2. The lowest BCUT2D eigenvalue weighted by Gasteiger charge is -2.08. The molecule has 0 aliphatic rings. The molecule has 0 aliphatic heterocycles. The van der Waals surface area contributed by atoms with Crippen molar-refractivity contribution < 1.29 is 0 Å². The van der Waals surface area contributed by atoms with Crippen molar-refractivity contribution in [1.82, 2.24) is 9.55 Å². The van der Waals surface area contributed by atoms with E-state index in [9.17, 15) is 4.79 Å². The predicted octanol–water partition coefficient (Wildman–Crippen LogP) is 3.09. The van der Waals surface area contributed by atoms with Crippen molar-refractivity contribution in [2.75, 3.05) is 6.66 Å². The monoisotopic (exact) mass is 324 g/mol. The van der Waals surface area contributed by atoms with Crippen LogP contribution < -0.4 is 5.56 Å². The second-order valence-electron chi connectivity index (χ2n) is 4.14. The molecule has 0 aliphatic carbocycles. The molecule has 0 radical (unpaired) electrons. The van der Waals surface area contributed by atoms with Gasteiger partial charge in [-0.2, -0.15) is 0 Å². The van der Waals surface area contributed by atoms with Crippen LogP contribution >= 0.6 is 24.1 Å². The molecule has 1 heterocycles. The molecule has 2 rings (SSSR count). The van der Waals surface area contributed by atoms with E-state index in [1.807, 2.05) is 38.6 Å². The Bertz CT molecular complexity index is 691. The van der Waals surface area contributed by atoms with E-state index in [-0.39, 0.29) is 5.56 Å². The average Bonchev–Trinajstić information content (AvgIpc) is 2.35.